The van der Waals surface area contributed by atoms with Gasteiger partial charge in [0.15, 0.2) is 10.9 Å². The first-order valence-electron chi connectivity index (χ1n) is 9.66. The zero-order valence-electron chi connectivity index (χ0n) is 15.6. The number of fused-ring (bicyclic) bond motifs is 3. The Balaban J connectivity index is 1.34. The van der Waals surface area contributed by atoms with Crippen molar-refractivity contribution in [3.8, 4) is 11.1 Å². The van der Waals surface area contributed by atoms with E-state index >= 15 is 0 Å². The summed E-state index contributed by atoms with van der Waals surface area (Å²) in [5, 5.41) is 9.49. The van der Waals surface area contributed by atoms with Crippen LogP contribution < -0.4 is 0 Å². The number of carbonyl (C=O) groups excluding carboxylic acids is 1. The van der Waals surface area contributed by atoms with E-state index in [2.05, 4.69) is 51.7 Å². The van der Waals surface area contributed by atoms with Crippen LogP contribution in [-0.4, -0.2) is 26.3 Å². The van der Waals surface area contributed by atoms with Crippen LogP contribution in [0, 0.1) is 0 Å². The summed E-state index contributed by atoms with van der Waals surface area (Å²) < 4.78 is 2.10. The lowest BCUT2D eigenvalue weighted by Gasteiger charge is -2.07. The third-order valence-corrected chi connectivity index (χ3v) is 6.42. The van der Waals surface area contributed by atoms with E-state index < -0.39 is 0 Å². The first-order valence-corrected chi connectivity index (χ1v) is 10.6. The van der Waals surface area contributed by atoms with E-state index in [1.54, 1.807) is 0 Å². The highest BCUT2D eigenvalue weighted by molar-refractivity contribution is 7.99. The molecule has 0 N–H and O–H groups in total. The fourth-order valence-corrected chi connectivity index (χ4v) is 4.71. The van der Waals surface area contributed by atoms with Crippen molar-refractivity contribution < 1.29 is 4.79 Å². The van der Waals surface area contributed by atoms with E-state index in [1.165, 1.54) is 46.9 Å². The maximum Gasteiger partial charge on any atom is 0.191 e. The number of ketones is 1. The van der Waals surface area contributed by atoms with Gasteiger partial charge in [-0.2, -0.15) is 0 Å². The second-order valence-corrected chi connectivity index (χ2v) is 8.37. The van der Waals surface area contributed by atoms with Gasteiger partial charge in [0.05, 0.1) is 5.75 Å². The molecule has 140 valence electrons. The quantitative estimate of drug-likeness (QED) is 0.257. The van der Waals surface area contributed by atoms with Gasteiger partial charge < -0.3 is 4.57 Å². The van der Waals surface area contributed by atoms with Gasteiger partial charge in [-0.15, -0.1) is 16.8 Å². The van der Waals surface area contributed by atoms with Crippen molar-refractivity contribution in [2.24, 2.45) is 0 Å². The number of hydrogen-bond donors (Lipinski definition) is 0. The Morgan fingerprint density at radius 1 is 1.14 bits per heavy atom. The minimum atomic E-state index is 0.123. The van der Waals surface area contributed by atoms with E-state index in [-0.39, 0.29) is 5.78 Å². The van der Waals surface area contributed by atoms with Gasteiger partial charge in [-0.25, -0.2) is 0 Å². The van der Waals surface area contributed by atoms with E-state index in [4.69, 9.17) is 0 Å². The standard InChI is InChI=1S/C23H21N3OS/c1-2-11-26-22(15-7-8-15)24-25-23(26)28-14-21(27)18-10-9-17-12-16-5-3-4-6-19(16)20(17)13-18/h2-6,9-10,13,15H,1,7-8,11-12,14H2. The number of thioether (sulfide) groups is 1. The Bertz CT molecular complexity index is 1080. The Morgan fingerprint density at radius 3 is 2.79 bits per heavy atom. The smallest absolute Gasteiger partial charge is 0.191 e. The third-order valence-electron chi connectivity index (χ3n) is 5.45. The lowest BCUT2D eigenvalue weighted by Crippen LogP contribution is -2.06. The molecule has 1 saturated carbocycles. The largest absolute Gasteiger partial charge is 0.302 e. The molecule has 4 nitrogen and oxygen atoms in total. The first-order chi connectivity index (χ1) is 13.7. The van der Waals surface area contributed by atoms with Crippen molar-refractivity contribution in [2.45, 2.75) is 36.9 Å². The topological polar surface area (TPSA) is 47.8 Å². The summed E-state index contributed by atoms with van der Waals surface area (Å²) in [5.74, 6) is 2.04. The molecule has 0 atom stereocenters. The molecule has 2 aromatic carbocycles. The van der Waals surface area contributed by atoms with Crippen LogP contribution in [0.1, 0.15) is 46.1 Å². The molecule has 5 heteroatoms. The van der Waals surface area contributed by atoms with Crippen LogP contribution in [0.15, 0.2) is 60.3 Å². The fourth-order valence-electron chi connectivity index (χ4n) is 3.86. The first kappa shape index (κ1) is 17.4. The van der Waals surface area contributed by atoms with Crippen molar-refractivity contribution >= 4 is 17.5 Å². The lowest BCUT2D eigenvalue weighted by molar-refractivity contribution is 0.102. The maximum absolute atomic E-state index is 12.9. The predicted octanol–water partition coefficient (Wildman–Crippen LogP) is 4.89. The molecule has 1 fully saturated rings. The summed E-state index contributed by atoms with van der Waals surface area (Å²) in [5.41, 5.74) is 5.84. The molecule has 0 unspecified atom stereocenters. The summed E-state index contributed by atoms with van der Waals surface area (Å²) in [6.07, 6.45) is 5.16. The highest BCUT2D eigenvalue weighted by Gasteiger charge is 2.30. The van der Waals surface area contributed by atoms with Crippen LogP contribution in [0.3, 0.4) is 0 Å². The van der Waals surface area contributed by atoms with Crippen molar-refractivity contribution in [3.05, 3.63) is 77.6 Å². The molecular weight excluding hydrogens is 366 g/mol. The van der Waals surface area contributed by atoms with Crippen LogP contribution in [0.5, 0.6) is 0 Å². The summed E-state index contributed by atoms with van der Waals surface area (Å²) >= 11 is 1.47. The molecule has 0 aliphatic heterocycles. The number of Topliss-reactive ketones (excluding diaryl/α,β-unsaturated/α-hetero) is 1. The van der Waals surface area contributed by atoms with E-state index in [9.17, 15) is 4.79 Å². The van der Waals surface area contributed by atoms with Crippen LogP contribution in [0.2, 0.25) is 0 Å². The van der Waals surface area contributed by atoms with Crippen LogP contribution in [-0.2, 0) is 13.0 Å². The van der Waals surface area contributed by atoms with Crippen LogP contribution >= 0.6 is 11.8 Å². The molecule has 1 heterocycles. The number of hydrogen-bond acceptors (Lipinski definition) is 4. The number of aromatic nitrogens is 3. The Hall–Kier alpha value is -2.66. The zero-order chi connectivity index (χ0) is 19.1. The van der Waals surface area contributed by atoms with Crippen molar-refractivity contribution in [3.63, 3.8) is 0 Å². The summed E-state index contributed by atoms with van der Waals surface area (Å²) in [4.78, 5) is 12.9. The molecule has 0 amide bonds. The van der Waals surface area contributed by atoms with Gasteiger partial charge in [-0.05, 0) is 47.6 Å². The second kappa shape index (κ2) is 7.06. The van der Waals surface area contributed by atoms with Gasteiger partial charge in [0.2, 0.25) is 0 Å². The minimum absolute atomic E-state index is 0.123. The normalized spacial score (nSPS) is 14.6. The Labute approximate surface area is 168 Å². The number of carbonyl (C=O) groups is 1. The molecule has 5 rings (SSSR count). The summed E-state index contributed by atoms with van der Waals surface area (Å²) in [7, 11) is 0. The number of rotatable bonds is 7. The van der Waals surface area contributed by atoms with Gasteiger partial charge in [0.1, 0.15) is 5.82 Å². The van der Waals surface area contributed by atoms with E-state index in [0.717, 1.165) is 23.0 Å². The molecule has 28 heavy (non-hydrogen) atoms. The molecule has 0 bridgehead atoms. The van der Waals surface area contributed by atoms with Crippen molar-refractivity contribution in [1.29, 1.82) is 0 Å². The third kappa shape index (κ3) is 3.10. The molecule has 0 saturated heterocycles. The molecule has 0 spiro atoms. The highest BCUT2D eigenvalue weighted by atomic mass is 32.2. The van der Waals surface area contributed by atoms with Gasteiger partial charge >= 0.3 is 0 Å². The highest BCUT2D eigenvalue weighted by Crippen LogP contribution is 2.40. The molecule has 0 radical (unpaired) electrons. The second-order valence-electron chi connectivity index (χ2n) is 7.43. The van der Waals surface area contributed by atoms with Crippen molar-refractivity contribution in [2.75, 3.05) is 5.75 Å². The zero-order valence-corrected chi connectivity index (χ0v) is 16.4. The van der Waals surface area contributed by atoms with Gasteiger partial charge in [-0.1, -0.05) is 54.2 Å². The fraction of sp³-hybridized carbons (Fsp3) is 0.261. The average Bonchev–Trinajstić information content (AvgIpc) is 3.38. The lowest BCUT2D eigenvalue weighted by atomic mass is 10.0. The minimum Gasteiger partial charge on any atom is -0.302 e. The Kier molecular flexibility index (Phi) is 4.40. The molecule has 2 aliphatic rings. The van der Waals surface area contributed by atoms with Gasteiger partial charge in [0.25, 0.3) is 0 Å². The number of nitrogens with zero attached hydrogens (tertiary/aromatic N) is 3. The molecule has 1 aromatic heterocycles. The molecular formula is C23H21N3OS. The Morgan fingerprint density at radius 2 is 1.96 bits per heavy atom. The SMILES string of the molecule is C=CCn1c(SCC(=O)c2ccc3c(c2)-c2ccccc2C3)nnc1C1CC1. The van der Waals surface area contributed by atoms with Crippen molar-refractivity contribution in [1.82, 2.24) is 14.8 Å². The maximum atomic E-state index is 12.9. The van der Waals surface area contributed by atoms with Gasteiger partial charge in [0, 0.05) is 18.0 Å². The average molecular weight is 388 g/mol. The summed E-state index contributed by atoms with van der Waals surface area (Å²) in [6.45, 7) is 4.52. The van der Waals surface area contributed by atoms with Crippen LogP contribution in [0.25, 0.3) is 11.1 Å². The molecule has 3 aromatic rings. The van der Waals surface area contributed by atoms with E-state index in [0.29, 0.717) is 18.2 Å². The number of benzene rings is 2. The number of allylic oxidation sites excluding steroid dienone is 1. The summed E-state index contributed by atoms with van der Waals surface area (Å²) in [6, 6.07) is 14.5. The van der Waals surface area contributed by atoms with Gasteiger partial charge in [-0.3, -0.25) is 4.79 Å². The predicted molar refractivity (Wildman–Crippen MR) is 112 cm³/mol. The molecule has 2 aliphatic carbocycles. The van der Waals surface area contributed by atoms with Crippen LogP contribution in [0.4, 0.5) is 0 Å². The monoisotopic (exact) mass is 387 g/mol. The van der Waals surface area contributed by atoms with E-state index in [1.807, 2.05) is 18.2 Å².